The van der Waals surface area contributed by atoms with Gasteiger partial charge in [-0.2, -0.15) is 0 Å². The highest BCUT2D eigenvalue weighted by Gasteiger charge is 2.31. The third-order valence-electron chi connectivity index (χ3n) is 1.76. The molecule has 1 fully saturated rings. The molecular formula is C6H12N2O3. The number of aliphatic hydroxyl groups is 2. The van der Waals surface area contributed by atoms with Gasteiger partial charge in [0, 0.05) is 7.05 Å². The second-order valence-electron chi connectivity index (χ2n) is 2.59. The largest absolute Gasteiger partial charge is 0.388 e. The van der Waals surface area contributed by atoms with Gasteiger partial charge in [-0.05, 0) is 0 Å². The molecule has 0 bridgehead atoms. The van der Waals surface area contributed by atoms with Crippen LogP contribution in [0.5, 0.6) is 0 Å². The maximum absolute atomic E-state index is 10.9. The Labute approximate surface area is 64.6 Å². The predicted octanol–water partition coefficient (Wildman–Crippen LogP) is -1.64. The second kappa shape index (κ2) is 3.06. The Morgan fingerprint density at radius 1 is 1.45 bits per heavy atom. The molecule has 1 aliphatic heterocycles. The lowest BCUT2D eigenvalue weighted by Crippen LogP contribution is -2.37. The fraction of sp³-hybridized carbons (Fsp3) is 0.833. The molecule has 0 aliphatic carbocycles. The van der Waals surface area contributed by atoms with Crippen LogP contribution in [0.25, 0.3) is 0 Å². The van der Waals surface area contributed by atoms with Crippen molar-refractivity contribution in [3.8, 4) is 0 Å². The maximum atomic E-state index is 10.9. The highest BCUT2D eigenvalue weighted by molar-refractivity contribution is 5.74. The molecule has 2 atom stereocenters. The smallest absolute Gasteiger partial charge is 0.317 e. The van der Waals surface area contributed by atoms with Gasteiger partial charge < -0.3 is 20.4 Å². The third-order valence-corrected chi connectivity index (χ3v) is 1.76. The molecule has 1 saturated heterocycles. The zero-order chi connectivity index (χ0) is 8.43. The summed E-state index contributed by atoms with van der Waals surface area (Å²) in [5.41, 5.74) is 0. The van der Waals surface area contributed by atoms with Crippen molar-refractivity contribution in [1.29, 1.82) is 0 Å². The van der Waals surface area contributed by atoms with Gasteiger partial charge in [-0.3, -0.25) is 0 Å². The van der Waals surface area contributed by atoms with Gasteiger partial charge in [-0.15, -0.1) is 0 Å². The molecule has 0 aromatic rings. The number of rotatable bonds is 0. The normalized spacial score (nSPS) is 30.6. The topological polar surface area (TPSA) is 72.8 Å². The number of carbonyl (C=O) groups is 1. The van der Waals surface area contributed by atoms with E-state index in [9.17, 15) is 4.79 Å². The van der Waals surface area contributed by atoms with Crippen LogP contribution in [-0.4, -0.2) is 53.5 Å². The van der Waals surface area contributed by atoms with Crippen LogP contribution in [0, 0.1) is 0 Å². The fourth-order valence-electron chi connectivity index (χ4n) is 1.09. The Balaban J connectivity index is 2.46. The monoisotopic (exact) mass is 160 g/mol. The first kappa shape index (κ1) is 8.29. The quantitative estimate of drug-likeness (QED) is 0.398. The Hall–Kier alpha value is -0.810. The van der Waals surface area contributed by atoms with Gasteiger partial charge in [-0.25, -0.2) is 4.79 Å². The first-order valence-electron chi connectivity index (χ1n) is 3.48. The van der Waals surface area contributed by atoms with E-state index in [1.165, 1.54) is 11.9 Å². The molecule has 1 rings (SSSR count). The lowest BCUT2D eigenvalue weighted by atomic mass is 10.3. The Kier molecular flexibility index (Phi) is 2.31. The van der Waals surface area contributed by atoms with Crippen molar-refractivity contribution in [2.45, 2.75) is 12.2 Å². The number of hydrogen-bond donors (Lipinski definition) is 3. The predicted molar refractivity (Wildman–Crippen MR) is 38.0 cm³/mol. The Bertz CT molecular complexity index is 152. The molecule has 5 heteroatoms. The lowest BCUT2D eigenvalue weighted by molar-refractivity contribution is 0.0572. The number of likely N-dealkylation sites (tertiary alicyclic amines) is 1. The summed E-state index contributed by atoms with van der Waals surface area (Å²) in [4.78, 5) is 12.3. The van der Waals surface area contributed by atoms with Crippen molar-refractivity contribution >= 4 is 6.03 Å². The van der Waals surface area contributed by atoms with Crippen molar-refractivity contribution in [2.75, 3.05) is 20.1 Å². The zero-order valence-corrected chi connectivity index (χ0v) is 6.32. The van der Waals surface area contributed by atoms with Crippen LogP contribution in [-0.2, 0) is 0 Å². The van der Waals surface area contributed by atoms with E-state index < -0.39 is 12.2 Å². The summed E-state index contributed by atoms with van der Waals surface area (Å²) in [6.45, 7) is 0.418. The van der Waals surface area contributed by atoms with Gasteiger partial charge in [0.2, 0.25) is 0 Å². The van der Waals surface area contributed by atoms with Gasteiger partial charge in [0.05, 0.1) is 25.3 Å². The molecule has 1 aliphatic rings. The number of urea groups is 1. The van der Waals surface area contributed by atoms with Crippen LogP contribution in [0.3, 0.4) is 0 Å². The molecule has 11 heavy (non-hydrogen) atoms. The molecule has 5 nitrogen and oxygen atoms in total. The number of amides is 2. The molecule has 2 amide bonds. The summed E-state index contributed by atoms with van der Waals surface area (Å²) in [5, 5.41) is 20.5. The van der Waals surface area contributed by atoms with E-state index in [-0.39, 0.29) is 19.1 Å². The van der Waals surface area contributed by atoms with Gasteiger partial charge in [0.1, 0.15) is 0 Å². The molecule has 3 N–H and O–H groups in total. The first-order valence-corrected chi connectivity index (χ1v) is 3.48. The number of aliphatic hydroxyl groups excluding tert-OH is 2. The Morgan fingerprint density at radius 3 is 2.27 bits per heavy atom. The number of nitrogens with one attached hydrogen (secondary N) is 1. The molecule has 0 aromatic heterocycles. The Morgan fingerprint density at radius 2 is 1.91 bits per heavy atom. The van der Waals surface area contributed by atoms with E-state index in [0.29, 0.717) is 0 Å². The highest BCUT2D eigenvalue weighted by Crippen LogP contribution is 2.08. The summed E-state index contributed by atoms with van der Waals surface area (Å²) in [5.74, 6) is 0. The van der Waals surface area contributed by atoms with Crippen LogP contribution in [0.1, 0.15) is 0 Å². The maximum Gasteiger partial charge on any atom is 0.317 e. The van der Waals surface area contributed by atoms with Crippen molar-refractivity contribution in [3.05, 3.63) is 0 Å². The molecular weight excluding hydrogens is 148 g/mol. The van der Waals surface area contributed by atoms with Gasteiger partial charge >= 0.3 is 6.03 Å². The summed E-state index contributed by atoms with van der Waals surface area (Å²) < 4.78 is 0. The molecule has 0 aromatic carbocycles. The van der Waals surface area contributed by atoms with Crippen LogP contribution in [0.2, 0.25) is 0 Å². The minimum atomic E-state index is -0.799. The van der Waals surface area contributed by atoms with Crippen LogP contribution < -0.4 is 5.32 Å². The lowest BCUT2D eigenvalue weighted by Gasteiger charge is -2.13. The van der Waals surface area contributed by atoms with E-state index in [1.54, 1.807) is 0 Å². The van der Waals surface area contributed by atoms with Crippen molar-refractivity contribution in [3.63, 3.8) is 0 Å². The third kappa shape index (κ3) is 1.61. The summed E-state index contributed by atoms with van der Waals surface area (Å²) in [7, 11) is 1.51. The number of hydrogen-bond acceptors (Lipinski definition) is 3. The highest BCUT2D eigenvalue weighted by atomic mass is 16.3. The molecule has 0 unspecified atom stereocenters. The summed E-state index contributed by atoms with van der Waals surface area (Å²) >= 11 is 0. The average molecular weight is 160 g/mol. The van der Waals surface area contributed by atoms with Gasteiger partial charge in [0.15, 0.2) is 0 Å². The SMILES string of the molecule is CNC(=O)N1C[C@@H](O)[C@@H](O)C1. The minimum absolute atomic E-state index is 0.209. The molecule has 0 saturated carbocycles. The fourth-order valence-corrected chi connectivity index (χ4v) is 1.09. The summed E-state index contributed by atoms with van der Waals surface area (Å²) in [6, 6.07) is -0.263. The number of carbonyl (C=O) groups excluding carboxylic acids is 1. The van der Waals surface area contributed by atoms with Gasteiger partial charge in [0.25, 0.3) is 0 Å². The molecule has 1 heterocycles. The minimum Gasteiger partial charge on any atom is -0.388 e. The van der Waals surface area contributed by atoms with E-state index in [0.717, 1.165) is 0 Å². The molecule has 0 radical (unpaired) electrons. The van der Waals surface area contributed by atoms with E-state index in [1.807, 2.05) is 0 Å². The van der Waals surface area contributed by atoms with Gasteiger partial charge in [-0.1, -0.05) is 0 Å². The standard InChI is InChI=1S/C6H12N2O3/c1-7-6(11)8-2-4(9)5(10)3-8/h4-5,9-10H,2-3H2,1H3,(H,7,11)/t4-,5+. The molecule has 0 spiro atoms. The van der Waals surface area contributed by atoms with Crippen LogP contribution >= 0.6 is 0 Å². The van der Waals surface area contributed by atoms with Crippen molar-refractivity contribution in [2.24, 2.45) is 0 Å². The average Bonchev–Trinajstić information content (AvgIpc) is 2.31. The molecule has 64 valence electrons. The van der Waals surface area contributed by atoms with Crippen molar-refractivity contribution in [1.82, 2.24) is 10.2 Å². The van der Waals surface area contributed by atoms with Crippen molar-refractivity contribution < 1.29 is 15.0 Å². The van der Waals surface area contributed by atoms with E-state index in [2.05, 4.69) is 5.32 Å². The number of β-amino-alcohol motifs (C(OH)–C–C–N with tert-alkyl or cyclic N) is 2. The summed E-state index contributed by atoms with van der Waals surface area (Å²) in [6.07, 6.45) is -1.60. The second-order valence-corrected chi connectivity index (χ2v) is 2.59. The van der Waals surface area contributed by atoms with E-state index in [4.69, 9.17) is 10.2 Å². The first-order chi connectivity index (χ1) is 5.15. The van der Waals surface area contributed by atoms with Crippen LogP contribution in [0.4, 0.5) is 4.79 Å². The number of nitrogens with zero attached hydrogens (tertiary/aromatic N) is 1. The van der Waals surface area contributed by atoms with Crippen LogP contribution in [0.15, 0.2) is 0 Å². The van der Waals surface area contributed by atoms with E-state index >= 15 is 0 Å². The zero-order valence-electron chi connectivity index (χ0n) is 6.32.